The summed E-state index contributed by atoms with van der Waals surface area (Å²) < 4.78 is 5.03. The minimum atomic E-state index is -1.15. The van der Waals surface area contributed by atoms with Crippen LogP contribution in [0.2, 0.25) is 0 Å². The van der Waals surface area contributed by atoms with Gasteiger partial charge in [0.25, 0.3) is 11.6 Å². The van der Waals surface area contributed by atoms with Gasteiger partial charge in [-0.2, -0.15) is 0 Å². The molecule has 1 N–H and O–H groups in total. The van der Waals surface area contributed by atoms with Crippen LogP contribution in [0.25, 0.3) is 0 Å². The molecule has 1 amide bonds. The molecule has 0 bridgehead atoms. The van der Waals surface area contributed by atoms with E-state index in [0.717, 1.165) is 11.0 Å². The molecule has 0 aliphatic carbocycles. The van der Waals surface area contributed by atoms with E-state index < -0.39 is 23.3 Å². The highest BCUT2D eigenvalue weighted by Gasteiger charge is 2.23. The number of benzene rings is 1. The van der Waals surface area contributed by atoms with E-state index in [0.29, 0.717) is 5.56 Å². The molecule has 0 unspecified atom stereocenters. The number of carboxylic acid groups (broad SMARTS) is 1. The molecule has 0 aromatic heterocycles. The number of aliphatic carboxylic acids is 1. The summed E-state index contributed by atoms with van der Waals surface area (Å²) in [7, 11) is 1.34. The molecule has 8 nitrogen and oxygen atoms in total. The molecule has 0 fully saturated rings. The first-order valence-electron chi connectivity index (χ1n) is 6.15. The molecule has 0 aliphatic heterocycles. The van der Waals surface area contributed by atoms with Gasteiger partial charge < -0.3 is 14.7 Å². The van der Waals surface area contributed by atoms with Crippen LogP contribution in [0, 0.1) is 17.0 Å². The van der Waals surface area contributed by atoms with E-state index in [2.05, 4.69) is 0 Å². The van der Waals surface area contributed by atoms with Gasteiger partial charge in [-0.3, -0.25) is 19.7 Å². The SMILES string of the molecule is CCN(CC(=O)O)C(=O)c1cc(OC)c(C)c([N+](=O)[O-])c1. The van der Waals surface area contributed by atoms with Gasteiger partial charge in [0, 0.05) is 12.6 Å². The van der Waals surface area contributed by atoms with Crippen LogP contribution in [0.3, 0.4) is 0 Å². The molecule has 0 atom stereocenters. The molecular weight excluding hydrogens is 280 g/mol. The zero-order valence-electron chi connectivity index (χ0n) is 12.0. The summed E-state index contributed by atoms with van der Waals surface area (Å²) >= 11 is 0. The molecule has 0 spiro atoms. The Hall–Kier alpha value is -2.64. The topological polar surface area (TPSA) is 110 Å². The lowest BCUT2D eigenvalue weighted by Gasteiger charge is -2.19. The Bertz CT molecular complexity index is 584. The number of nitrogens with zero attached hydrogens (tertiary/aromatic N) is 2. The fraction of sp³-hybridized carbons (Fsp3) is 0.385. The van der Waals surface area contributed by atoms with Crippen molar-refractivity contribution in [3.63, 3.8) is 0 Å². The van der Waals surface area contributed by atoms with Crippen LogP contribution in [0.1, 0.15) is 22.8 Å². The summed E-state index contributed by atoms with van der Waals surface area (Å²) in [5.74, 6) is -1.54. The number of methoxy groups -OCH3 is 1. The molecule has 1 aromatic rings. The van der Waals surface area contributed by atoms with Crippen LogP contribution >= 0.6 is 0 Å². The van der Waals surface area contributed by atoms with Gasteiger partial charge in [0.2, 0.25) is 0 Å². The van der Waals surface area contributed by atoms with Crippen LogP contribution in [0.4, 0.5) is 5.69 Å². The Balaban J connectivity index is 3.29. The van der Waals surface area contributed by atoms with Crippen LogP contribution in [-0.2, 0) is 4.79 Å². The third-order valence-corrected chi connectivity index (χ3v) is 2.99. The predicted molar refractivity (Wildman–Crippen MR) is 73.6 cm³/mol. The number of nitro groups is 1. The molecule has 0 saturated carbocycles. The fourth-order valence-electron chi connectivity index (χ4n) is 1.87. The molecule has 8 heteroatoms. The van der Waals surface area contributed by atoms with E-state index in [1.165, 1.54) is 20.1 Å². The fourth-order valence-corrected chi connectivity index (χ4v) is 1.87. The summed E-state index contributed by atoms with van der Waals surface area (Å²) in [6.45, 7) is 2.84. The quantitative estimate of drug-likeness (QED) is 0.628. The van der Waals surface area contributed by atoms with E-state index in [-0.39, 0.29) is 23.5 Å². The minimum absolute atomic E-state index is 0.0206. The van der Waals surface area contributed by atoms with Gasteiger partial charge in [-0.1, -0.05) is 0 Å². The summed E-state index contributed by atoms with van der Waals surface area (Å²) in [5.41, 5.74) is 0.0802. The van der Waals surface area contributed by atoms with Gasteiger partial charge in [0.05, 0.1) is 23.2 Å². The van der Waals surface area contributed by atoms with E-state index in [9.17, 15) is 19.7 Å². The van der Waals surface area contributed by atoms with Gasteiger partial charge in [0.1, 0.15) is 12.3 Å². The molecule has 0 heterocycles. The summed E-state index contributed by atoms with van der Waals surface area (Å²) in [6.07, 6.45) is 0. The van der Waals surface area contributed by atoms with Crippen molar-refractivity contribution in [2.45, 2.75) is 13.8 Å². The maximum Gasteiger partial charge on any atom is 0.323 e. The summed E-state index contributed by atoms with van der Waals surface area (Å²) in [5, 5.41) is 19.8. The maximum absolute atomic E-state index is 12.3. The molecule has 0 saturated heterocycles. The van der Waals surface area contributed by atoms with Crippen LogP contribution in [-0.4, -0.2) is 47.0 Å². The lowest BCUT2D eigenvalue weighted by Crippen LogP contribution is -2.35. The standard InChI is InChI=1S/C13H16N2O6/c1-4-14(7-12(16)17)13(18)9-5-10(15(19)20)8(2)11(6-9)21-3/h5-6H,4,7H2,1-3H3,(H,16,17). The number of rotatable bonds is 6. The monoisotopic (exact) mass is 296 g/mol. The van der Waals surface area contributed by atoms with Gasteiger partial charge in [0.15, 0.2) is 0 Å². The van der Waals surface area contributed by atoms with Crippen molar-refractivity contribution >= 4 is 17.6 Å². The smallest absolute Gasteiger partial charge is 0.323 e. The van der Waals surface area contributed by atoms with Crippen LogP contribution < -0.4 is 4.74 Å². The van der Waals surface area contributed by atoms with Gasteiger partial charge >= 0.3 is 5.97 Å². The first-order chi connectivity index (χ1) is 9.81. The third-order valence-electron chi connectivity index (χ3n) is 2.99. The first kappa shape index (κ1) is 16.4. The highest BCUT2D eigenvalue weighted by atomic mass is 16.6. The van der Waals surface area contributed by atoms with Crippen LogP contribution in [0.15, 0.2) is 12.1 Å². The lowest BCUT2D eigenvalue weighted by molar-refractivity contribution is -0.385. The van der Waals surface area contributed by atoms with E-state index in [1.54, 1.807) is 6.92 Å². The van der Waals surface area contributed by atoms with Crippen molar-refractivity contribution in [1.82, 2.24) is 4.90 Å². The minimum Gasteiger partial charge on any atom is -0.496 e. The van der Waals surface area contributed by atoms with E-state index in [4.69, 9.17) is 9.84 Å². The molecule has 1 aromatic carbocycles. The van der Waals surface area contributed by atoms with Crippen molar-refractivity contribution in [2.24, 2.45) is 0 Å². The van der Waals surface area contributed by atoms with Crippen molar-refractivity contribution in [3.05, 3.63) is 33.4 Å². The van der Waals surface area contributed by atoms with Crippen molar-refractivity contribution < 1.29 is 24.4 Å². The number of likely N-dealkylation sites (N-methyl/N-ethyl adjacent to an activating group) is 1. The highest BCUT2D eigenvalue weighted by molar-refractivity contribution is 5.97. The first-order valence-corrected chi connectivity index (χ1v) is 6.15. The summed E-state index contributed by atoms with van der Waals surface area (Å²) in [4.78, 5) is 34.5. The summed E-state index contributed by atoms with van der Waals surface area (Å²) in [6, 6.07) is 2.50. The largest absolute Gasteiger partial charge is 0.496 e. The number of carbonyl (C=O) groups excluding carboxylic acids is 1. The number of carboxylic acids is 1. The second-order valence-electron chi connectivity index (χ2n) is 4.29. The van der Waals surface area contributed by atoms with Gasteiger partial charge in [-0.15, -0.1) is 0 Å². The van der Waals surface area contributed by atoms with Crippen LogP contribution in [0.5, 0.6) is 5.75 Å². The van der Waals surface area contributed by atoms with Gasteiger partial charge in [-0.25, -0.2) is 0 Å². The number of hydrogen-bond donors (Lipinski definition) is 1. The Morgan fingerprint density at radius 2 is 2.05 bits per heavy atom. The average molecular weight is 296 g/mol. The maximum atomic E-state index is 12.3. The number of ether oxygens (including phenoxy) is 1. The molecular formula is C13H16N2O6. The lowest BCUT2D eigenvalue weighted by atomic mass is 10.1. The molecule has 0 radical (unpaired) electrons. The van der Waals surface area contributed by atoms with Gasteiger partial charge in [-0.05, 0) is 19.9 Å². The zero-order valence-corrected chi connectivity index (χ0v) is 12.0. The molecule has 0 aliphatic rings. The number of carbonyl (C=O) groups is 2. The average Bonchev–Trinajstić information content (AvgIpc) is 2.43. The number of hydrogen-bond acceptors (Lipinski definition) is 5. The Kier molecular flexibility index (Phi) is 5.23. The predicted octanol–water partition coefficient (Wildman–Crippen LogP) is 1.46. The second kappa shape index (κ2) is 6.69. The number of amides is 1. The molecule has 21 heavy (non-hydrogen) atoms. The second-order valence-corrected chi connectivity index (χ2v) is 4.29. The number of nitro benzene ring substituents is 1. The van der Waals surface area contributed by atoms with E-state index in [1.807, 2.05) is 0 Å². The third kappa shape index (κ3) is 3.68. The van der Waals surface area contributed by atoms with E-state index >= 15 is 0 Å². The van der Waals surface area contributed by atoms with Crippen molar-refractivity contribution in [3.8, 4) is 5.75 Å². The normalized spacial score (nSPS) is 10.0. The Labute approximate surface area is 121 Å². The molecule has 1 rings (SSSR count). The highest BCUT2D eigenvalue weighted by Crippen LogP contribution is 2.29. The Morgan fingerprint density at radius 3 is 2.48 bits per heavy atom. The zero-order chi connectivity index (χ0) is 16.2. The Morgan fingerprint density at radius 1 is 1.43 bits per heavy atom. The molecule has 114 valence electrons. The van der Waals surface area contributed by atoms with Crippen molar-refractivity contribution in [2.75, 3.05) is 20.2 Å². The van der Waals surface area contributed by atoms with Crippen molar-refractivity contribution in [1.29, 1.82) is 0 Å².